The van der Waals surface area contributed by atoms with Crippen LogP contribution >= 0.6 is 11.8 Å². The van der Waals surface area contributed by atoms with Crippen molar-refractivity contribution >= 4 is 33.9 Å². The predicted molar refractivity (Wildman–Crippen MR) is 124 cm³/mol. The molecule has 2 aromatic heterocycles. The summed E-state index contributed by atoms with van der Waals surface area (Å²) in [7, 11) is 1.94. The Morgan fingerprint density at radius 2 is 1.88 bits per heavy atom. The largest absolute Gasteiger partial charge is 0.486 e. The van der Waals surface area contributed by atoms with E-state index in [-0.39, 0.29) is 16.4 Å². The summed E-state index contributed by atoms with van der Waals surface area (Å²) < 4.78 is 13.7. The summed E-state index contributed by atoms with van der Waals surface area (Å²) in [5.74, 6) is 2.46. The fraction of sp³-hybridized carbons (Fsp3) is 0.167. The predicted octanol–water partition coefficient (Wildman–Crippen LogP) is 4.23. The lowest BCUT2D eigenvalue weighted by molar-refractivity contribution is -0.118. The first-order chi connectivity index (χ1) is 16.0. The number of amides is 2. The van der Waals surface area contributed by atoms with Gasteiger partial charge in [0.2, 0.25) is 11.8 Å². The third kappa shape index (κ3) is 4.68. The van der Waals surface area contributed by atoms with E-state index in [9.17, 15) is 9.59 Å². The second kappa shape index (κ2) is 8.95. The average Bonchev–Trinajstić information content (AvgIpc) is 3.31. The van der Waals surface area contributed by atoms with Crippen LogP contribution in [0.15, 0.2) is 66.9 Å². The molecule has 1 N–H and O–H groups in total. The van der Waals surface area contributed by atoms with Gasteiger partial charge in [0.05, 0.1) is 16.3 Å². The number of pyridine rings is 1. The van der Waals surface area contributed by atoms with E-state index >= 15 is 0 Å². The molecule has 0 bridgehead atoms. The van der Waals surface area contributed by atoms with Crippen LogP contribution in [-0.4, -0.2) is 30.9 Å². The van der Waals surface area contributed by atoms with Crippen LogP contribution in [-0.2, 0) is 24.9 Å². The van der Waals surface area contributed by atoms with Gasteiger partial charge in [-0.1, -0.05) is 30.0 Å². The molecule has 0 aliphatic carbocycles. The van der Waals surface area contributed by atoms with Gasteiger partial charge in [0, 0.05) is 25.4 Å². The van der Waals surface area contributed by atoms with Crippen molar-refractivity contribution in [2.75, 3.05) is 0 Å². The number of imide groups is 1. The molecule has 0 radical (unpaired) electrons. The highest BCUT2D eigenvalue weighted by atomic mass is 32.2. The van der Waals surface area contributed by atoms with Gasteiger partial charge in [-0.2, -0.15) is 0 Å². The molecule has 1 saturated heterocycles. The molecule has 4 aromatic rings. The molecule has 1 aliphatic rings. The normalized spacial score (nSPS) is 15.6. The quantitative estimate of drug-likeness (QED) is 0.441. The number of hydrogen-bond donors (Lipinski definition) is 1. The number of hydrogen-bond acceptors (Lipinski definition) is 7. The molecular weight excluding hydrogens is 440 g/mol. The maximum atomic E-state index is 11.7. The SMILES string of the molecule is Cn1c(COc2ccc(CC3SC(=O)NC3=O)cc2)nc2ccc(Oc3ccccn3)cc21. The fourth-order valence-electron chi connectivity index (χ4n) is 3.55. The Bertz CT molecular complexity index is 1320. The molecule has 8 nitrogen and oxygen atoms in total. The number of thioether (sulfide) groups is 1. The Hall–Kier alpha value is -3.85. The van der Waals surface area contributed by atoms with Crippen LogP contribution in [0.5, 0.6) is 17.4 Å². The van der Waals surface area contributed by atoms with Crippen molar-refractivity contribution in [2.24, 2.45) is 7.05 Å². The van der Waals surface area contributed by atoms with Gasteiger partial charge < -0.3 is 14.0 Å². The second-order valence-electron chi connectivity index (χ2n) is 7.53. The number of rotatable bonds is 7. The molecule has 1 aliphatic heterocycles. The van der Waals surface area contributed by atoms with Crippen LogP contribution in [0.1, 0.15) is 11.4 Å². The molecule has 3 heterocycles. The molecule has 166 valence electrons. The number of nitrogens with zero attached hydrogens (tertiary/aromatic N) is 3. The van der Waals surface area contributed by atoms with Crippen LogP contribution in [0.4, 0.5) is 4.79 Å². The first kappa shape index (κ1) is 21.0. The van der Waals surface area contributed by atoms with E-state index in [4.69, 9.17) is 9.47 Å². The van der Waals surface area contributed by atoms with Crippen molar-refractivity contribution in [1.29, 1.82) is 0 Å². The zero-order chi connectivity index (χ0) is 22.8. The molecule has 5 rings (SSSR count). The average molecular weight is 461 g/mol. The summed E-state index contributed by atoms with van der Waals surface area (Å²) in [6.07, 6.45) is 2.18. The van der Waals surface area contributed by atoms with Gasteiger partial charge in [-0.25, -0.2) is 9.97 Å². The van der Waals surface area contributed by atoms with Gasteiger partial charge in [-0.3, -0.25) is 14.9 Å². The van der Waals surface area contributed by atoms with Crippen molar-refractivity contribution in [1.82, 2.24) is 19.9 Å². The number of fused-ring (bicyclic) bond motifs is 1. The summed E-state index contributed by atoms with van der Waals surface area (Å²) in [6, 6.07) is 18.7. The van der Waals surface area contributed by atoms with Crippen LogP contribution in [0.25, 0.3) is 11.0 Å². The van der Waals surface area contributed by atoms with Crippen LogP contribution < -0.4 is 14.8 Å². The smallest absolute Gasteiger partial charge is 0.286 e. The molecule has 2 amide bonds. The number of imidazole rings is 1. The standard InChI is InChI=1S/C24H20N4O4S/c1-28-19-13-17(32-22-4-2-3-11-25-22)9-10-18(19)26-21(28)14-31-16-7-5-15(6-8-16)12-20-23(29)27-24(30)33-20/h2-11,13,20H,12,14H2,1H3,(H,27,29,30). The minimum atomic E-state index is -0.379. The highest BCUT2D eigenvalue weighted by molar-refractivity contribution is 8.15. The highest BCUT2D eigenvalue weighted by Gasteiger charge is 2.31. The molecule has 9 heteroatoms. The molecule has 33 heavy (non-hydrogen) atoms. The fourth-order valence-corrected chi connectivity index (χ4v) is 4.41. The Balaban J connectivity index is 1.24. The Morgan fingerprint density at radius 1 is 1.06 bits per heavy atom. The molecule has 0 spiro atoms. The molecule has 1 fully saturated rings. The number of aromatic nitrogens is 3. The van der Waals surface area contributed by atoms with Crippen molar-refractivity contribution in [3.05, 3.63) is 78.2 Å². The molecule has 1 unspecified atom stereocenters. The van der Waals surface area contributed by atoms with E-state index in [1.807, 2.05) is 66.2 Å². The van der Waals surface area contributed by atoms with E-state index in [0.29, 0.717) is 30.4 Å². The number of carbonyl (C=O) groups excluding carboxylic acids is 2. The van der Waals surface area contributed by atoms with Crippen LogP contribution in [0.2, 0.25) is 0 Å². The number of benzene rings is 2. The summed E-state index contributed by atoms with van der Waals surface area (Å²) in [6.45, 7) is 0.302. The third-order valence-corrected chi connectivity index (χ3v) is 6.27. The van der Waals surface area contributed by atoms with E-state index in [1.165, 1.54) is 0 Å². The lowest BCUT2D eigenvalue weighted by atomic mass is 10.1. The molecule has 1 atom stereocenters. The van der Waals surface area contributed by atoms with E-state index in [0.717, 1.165) is 34.2 Å². The summed E-state index contributed by atoms with van der Waals surface area (Å²) in [5, 5.41) is 1.64. The van der Waals surface area contributed by atoms with E-state index in [1.54, 1.807) is 12.3 Å². The minimum Gasteiger partial charge on any atom is -0.486 e. The number of ether oxygens (including phenoxy) is 2. The first-order valence-electron chi connectivity index (χ1n) is 10.3. The maximum Gasteiger partial charge on any atom is 0.286 e. The first-order valence-corrected chi connectivity index (χ1v) is 11.2. The maximum absolute atomic E-state index is 11.7. The van der Waals surface area contributed by atoms with Crippen LogP contribution in [0, 0.1) is 0 Å². The Morgan fingerprint density at radius 3 is 2.61 bits per heavy atom. The van der Waals surface area contributed by atoms with E-state index in [2.05, 4.69) is 15.3 Å². The Kier molecular flexibility index (Phi) is 5.70. The number of nitrogens with one attached hydrogen (secondary N) is 1. The summed E-state index contributed by atoms with van der Waals surface area (Å²) in [4.78, 5) is 31.9. The Labute approximate surface area is 193 Å². The monoisotopic (exact) mass is 460 g/mol. The van der Waals surface area contributed by atoms with Crippen molar-refractivity contribution in [3.8, 4) is 17.4 Å². The number of aryl methyl sites for hydroxylation is 1. The third-order valence-electron chi connectivity index (χ3n) is 5.28. The van der Waals surface area contributed by atoms with Gasteiger partial charge in [0.15, 0.2) is 0 Å². The second-order valence-corrected chi connectivity index (χ2v) is 8.70. The summed E-state index contributed by atoms with van der Waals surface area (Å²) in [5.41, 5.74) is 2.74. The molecule has 0 saturated carbocycles. The lowest BCUT2D eigenvalue weighted by Gasteiger charge is -2.09. The zero-order valence-corrected chi connectivity index (χ0v) is 18.5. The van der Waals surface area contributed by atoms with Crippen molar-refractivity contribution < 1.29 is 19.1 Å². The van der Waals surface area contributed by atoms with Gasteiger partial charge >= 0.3 is 0 Å². The van der Waals surface area contributed by atoms with Crippen LogP contribution in [0.3, 0.4) is 0 Å². The van der Waals surface area contributed by atoms with Gasteiger partial charge in [-0.05, 0) is 42.3 Å². The van der Waals surface area contributed by atoms with E-state index < -0.39 is 0 Å². The minimum absolute atomic E-state index is 0.235. The van der Waals surface area contributed by atoms with Gasteiger partial charge in [0.1, 0.15) is 23.9 Å². The van der Waals surface area contributed by atoms with Crippen molar-refractivity contribution in [2.45, 2.75) is 18.3 Å². The zero-order valence-electron chi connectivity index (χ0n) is 17.7. The number of carbonyl (C=O) groups is 2. The molecular formula is C24H20N4O4S. The lowest BCUT2D eigenvalue weighted by Crippen LogP contribution is -2.25. The highest BCUT2D eigenvalue weighted by Crippen LogP contribution is 2.26. The topological polar surface area (TPSA) is 95.3 Å². The van der Waals surface area contributed by atoms with Gasteiger partial charge in [0.25, 0.3) is 5.24 Å². The summed E-state index contributed by atoms with van der Waals surface area (Å²) >= 11 is 1.03. The van der Waals surface area contributed by atoms with Gasteiger partial charge in [-0.15, -0.1) is 0 Å². The van der Waals surface area contributed by atoms with Crippen molar-refractivity contribution in [3.63, 3.8) is 0 Å². The molecule has 2 aromatic carbocycles.